The molecule has 152 valence electrons. The van der Waals surface area contributed by atoms with Crippen LogP contribution in [0.3, 0.4) is 0 Å². The van der Waals surface area contributed by atoms with Crippen molar-refractivity contribution in [3.63, 3.8) is 0 Å². The Bertz CT molecular complexity index is 799. The van der Waals surface area contributed by atoms with Crippen molar-refractivity contribution in [2.75, 3.05) is 32.7 Å². The van der Waals surface area contributed by atoms with E-state index in [2.05, 4.69) is 43.3 Å². The summed E-state index contributed by atoms with van der Waals surface area (Å²) < 4.78 is 5.23. The molecule has 2 aromatic heterocycles. The van der Waals surface area contributed by atoms with Gasteiger partial charge in [-0.05, 0) is 19.1 Å². The third-order valence-corrected chi connectivity index (χ3v) is 5.83. The van der Waals surface area contributed by atoms with Gasteiger partial charge >= 0.3 is 0 Å². The van der Waals surface area contributed by atoms with Crippen LogP contribution >= 0.6 is 11.3 Å². The number of nitrogens with one attached hydrogen (secondary N) is 1. The molecule has 1 N–H and O–H groups in total. The first kappa shape index (κ1) is 20.4. The highest BCUT2D eigenvalue weighted by molar-refractivity contribution is 7.09. The van der Waals surface area contributed by atoms with Gasteiger partial charge in [0.25, 0.3) is 5.91 Å². The second-order valence-corrected chi connectivity index (χ2v) is 8.68. The van der Waals surface area contributed by atoms with Crippen LogP contribution in [0.5, 0.6) is 0 Å². The number of rotatable bonds is 4. The van der Waals surface area contributed by atoms with Gasteiger partial charge in [0.05, 0.1) is 23.5 Å². The van der Waals surface area contributed by atoms with Crippen molar-refractivity contribution < 1.29 is 9.21 Å². The number of guanidine groups is 1. The van der Waals surface area contributed by atoms with Gasteiger partial charge in [-0.25, -0.2) is 9.98 Å². The molecule has 2 aromatic rings. The van der Waals surface area contributed by atoms with Crippen molar-refractivity contribution in [3.05, 3.63) is 40.2 Å². The van der Waals surface area contributed by atoms with E-state index in [0.29, 0.717) is 25.4 Å². The lowest BCUT2D eigenvalue weighted by Crippen LogP contribution is -2.53. The highest BCUT2D eigenvalue weighted by Gasteiger charge is 2.25. The monoisotopic (exact) mass is 403 g/mol. The quantitative estimate of drug-likeness (QED) is 0.628. The Morgan fingerprint density at radius 2 is 2.00 bits per heavy atom. The average molecular weight is 404 g/mol. The molecule has 3 rings (SSSR count). The fourth-order valence-electron chi connectivity index (χ4n) is 2.98. The standard InChI is InChI=1S/C20H29N5O2S/c1-5-21-19(22-13-15-14-28-18(23-15)20(2,3)4)25-10-8-24(9-11-25)17(26)16-7-6-12-27-16/h6-7,12,14H,5,8-11,13H2,1-4H3,(H,21,22). The summed E-state index contributed by atoms with van der Waals surface area (Å²) in [6.45, 7) is 12.7. The van der Waals surface area contributed by atoms with Crippen LogP contribution in [0.15, 0.2) is 33.2 Å². The van der Waals surface area contributed by atoms with Crippen LogP contribution in [0, 0.1) is 0 Å². The van der Waals surface area contributed by atoms with Crippen molar-refractivity contribution in [2.24, 2.45) is 4.99 Å². The molecule has 0 aromatic carbocycles. The van der Waals surface area contributed by atoms with E-state index in [1.807, 2.05) is 4.90 Å². The van der Waals surface area contributed by atoms with Gasteiger partial charge in [0.15, 0.2) is 11.7 Å². The van der Waals surface area contributed by atoms with Gasteiger partial charge in [0.2, 0.25) is 0 Å². The van der Waals surface area contributed by atoms with Crippen LogP contribution in [0.25, 0.3) is 0 Å². The third kappa shape index (κ3) is 4.92. The molecule has 1 saturated heterocycles. The minimum Gasteiger partial charge on any atom is -0.459 e. The van der Waals surface area contributed by atoms with Gasteiger partial charge in [-0.3, -0.25) is 4.79 Å². The molecule has 0 spiro atoms. The number of nitrogens with zero attached hydrogens (tertiary/aromatic N) is 4. The van der Waals surface area contributed by atoms with E-state index in [4.69, 9.17) is 14.4 Å². The number of aliphatic imine (C=N–C) groups is 1. The molecule has 1 fully saturated rings. The summed E-state index contributed by atoms with van der Waals surface area (Å²) >= 11 is 1.69. The van der Waals surface area contributed by atoms with Crippen LogP contribution in [0.1, 0.15) is 49.0 Å². The van der Waals surface area contributed by atoms with Crippen LogP contribution in [-0.4, -0.2) is 59.4 Å². The SMILES string of the molecule is CCNC(=NCc1csc(C(C)(C)C)n1)N1CCN(C(=O)c2ccco2)CC1. The van der Waals surface area contributed by atoms with E-state index in [0.717, 1.165) is 36.3 Å². The van der Waals surface area contributed by atoms with Crippen LogP contribution in [0.2, 0.25) is 0 Å². The van der Waals surface area contributed by atoms with Crippen LogP contribution < -0.4 is 5.32 Å². The van der Waals surface area contributed by atoms with Crippen molar-refractivity contribution >= 4 is 23.2 Å². The summed E-state index contributed by atoms with van der Waals surface area (Å²) in [5, 5.41) is 6.58. The molecular weight excluding hydrogens is 374 g/mol. The van der Waals surface area contributed by atoms with E-state index < -0.39 is 0 Å². The molecule has 7 nitrogen and oxygen atoms in total. The average Bonchev–Trinajstić information content (AvgIpc) is 3.36. The van der Waals surface area contributed by atoms with Gasteiger partial charge in [-0.1, -0.05) is 20.8 Å². The topological polar surface area (TPSA) is 74.0 Å². The maximum atomic E-state index is 12.4. The highest BCUT2D eigenvalue weighted by Crippen LogP contribution is 2.25. The largest absolute Gasteiger partial charge is 0.459 e. The molecule has 1 aliphatic heterocycles. The molecule has 0 radical (unpaired) electrons. The number of hydrogen-bond acceptors (Lipinski definition) is 5. The molecule has 3 heterocycles. The smallest absolute Gasteiger partial charge is 0.289 e. The molecule has 0 saturated carbocycles. The summed E-state index contributed by atoms with van der Waals surface area (Å²) in [6, 6.07) is 3.45. The minimum atomic E-state index is -0.0521. The Balaban J connectivity index is 1.60. The number of carbonyl (C=O) groups excluding carboxylic acids is 1. The van der Waals surface area contributed by atoms with Gasteiger partial charge in [-0.2, -0.15) is 0 Å². The second kappa shape index (κ2) is 8.77. The highest BCUT2D eigenvalue weighted by atomic mass is 32.1. The molecule has 0 unspecified atom stereocenters. The summed E-state index contributed by atoms with van der Waals surface area (Å²) in [7, 11) is 0. The number of thiazole rings is 1. The summed E-state index contributed by atoms with van der Waals surface area (Å²) in [5.41, 5.74) is 1.06. The number of hydrogen-bond donors (Lipinski definition) is 1. The summed E-state index contributed by atoms with van der Waals surface area (Å²) in [5.74, 6) is 1.22. The van der Waals surface area contributed by atoms with E-state index in [-0.39, 0.29) is 11.3 Å². The van der Waals surface area contributed by atoms with Gasteiger partial charge in [0.1, 0.15) is 0 Å². The molecular formula is C20H29N5O2S. The number of furan rings is 1. The van der Waals surface area contributed by atoms with E-state index in [1.54, 1.807) is 23.5 Å². The van der Waals surface area contributed by atoms with Crippen molar-refractivity contribution in [1.82, 2.24) is 20.1 Å². The van der Waals surface area contributed by atoms with Gasteiger partial charge < -0.3 is 19.5 Å². The van der Waals surface area contributed by atoms with E-state index >= 15 is 0 Å². The molecule has 0 aliphatic carbocycles. The molecule has 0 bridgehead atoms. The second-order valence-electron chi connectivity index (χ2n) is 7.82. The Morgan fingerprint density at radius 3 is 2.57 bits per heavy atom. The van der Waals surface area contributed by atoms with Crippen molar-refractivity contribution in [2.45, 2.75) is 39.7 Å². The normalized spacial score (nSPS) is 15.8. The lowest BCUT2D eigenvalue weighted by atomic mass is 9.98. The zero-order valence-corrected chi connectivity index (χ0v) is 17.9. The Kier molecular flexibility index (Phi) is 6.39. The number of carbonyl (C=O) groups is 1. The van der Waals surface area contributed by atoms with Gasteiger partial charge in [0, 0.05) is 43.5 Å². The molecule has 28 heavy (non-hydrogen) atoms. The third-order valence-electron chi connectivity index (χ3n) is 4.52. The van der Waals surface area contributed by atoms with Crippen molar-refractivity contribution in [3.8, 4) is 0 Å². The first-order valence-corrected chi connectivity index (χ1v) is 10.6. The first-order chi connectivity index (χ1) is 13.4. The van der Waals surface area contributed by atoms with Gasteiger partial charge in [-0.15, -0.1) is 11.3 Å². The molecule has 1 amide bonds. The Labute approximate surface area is 170 Å². The summed E-state index contributed by atoms with van der Waals surface area (Å²) in [4.78, 5) is 25.9. The lowest BCUT2D eigenvalue weighted by molar-refractivity contribution is 0.0657. The predicted octanol–water partition coefficient (Wildman–Crippen LogP) is 2.96. The maximum Gasteiger partial charge on any atom is 0.289 e. The zero-order chi connectivity index (χ0) is 20.1. The maximum absolute atomic E-state index is 12.4. The van der Waals surface area contributed by atoms with Crippen molar-refractivity contribution in [1.29, 1.82) is 0 Å². The first-order valence-electron chi connectivity index (χ1n) is 9.69. The fourth-order valence-corrected chi connectivity index (χ4v) is 3.88. The number of piperazine rings is 1. The van der Waals surface area contributed by atoms with E-state index in [1.165, 1.54) is 6.26 Å². The minimum absolute atomic E-state index is 0.0521. The fraction of sp³-hybridized carbons (Fsp3) is 0.550. The molecule has 1 aliphatic rings. The van der Waals surface area contributed by atoms with E-state index in [9.17, 15) is 4.79 Å². The predicted molar refractivity (Wildman–Crippen MR) is 112 cm³/mol. The summed E-state index contributed by atoms with van der Waals surface area (Å²) in [6.07, 6.45) is 1.53. The van der Waals surface area contributed by atoms with Crippen LogP contribution in [0.4, 0.5) is 0 Å². The molecule has 0 atom stereocenters. The van der Waals surface area contributed by atoms with Crippen LogP contribution in [-0.2, 0) is 12.0 Å². The molecule has 8 heteroatoms. The zero-order valence-electron chi connectivity index (χ0n) is 17.1. The Morgan fingerprint density at radius 1 is 1.29 bits per heavy atom. The number of amides is 1. The lowest BCUT2D eigenvalue weighted by Gasteiger charge is -2.36. The Hall–Kier alpha value is -2.35. The number of aromatic nitrogens is 1.